The van der Waals surface area contributed by atoms with Crippen LogP contribution in [0.3, 0.4) is 0 Å². The Morgan fingerprint density at radius 1 is 1.31 bits per heavy atom. The molecule has 0 saturated carbocycles. The molecule has 1 rings (SSSR count). The summed E-state index contributed by atoms with van der Waals surface area (Å²) in [6.07, 6.45) is 0.450. The van der Waals surface area contributed by atoms with Crippen LogP contribution in [-0.2, 0) is 5.60 Å². The van der Waals surface area contributed by atoms with Crippen LogP contribution in [0.1, 0.15) is 25.8 Å². The average molecular weight is 229 g/mol. The van der Waals surface area contributed by atoms with Crippen molar-refractivity contribution in [1.29, 1.82) is 0 Å². The number of benzene rings is 1. The number of nitrogens with one attached hydrogen (secondary N) is 1. The molecular weight excluding hydrogens is 212 g/mol. The summed E-state index contributed by atoms with van der Waals surface area (Å²) in [7, 11) is 0. The first-order chi connectivity index (χ1) is 7.47. The largest absolute Gasteiger partial charge is 0.385 e. The summed E-state index contributed by atoms with van der Waals surface area (Å²) in [5, 5.41) is 13.2. The summed E-state index contributed by atoms with van der Waals surface area (Å²) in [4.78, 5) is 0. The molecule has 0 bridgehead atoms. The van der Waals surface area contributed by atoms with E-state index < -0.39 is 17.2 Å². The molecule has 90 valence electrons. The van der Waals surface area contributed by atoms with Crippen molar-refractivity contribution in [3.8, 4) is 0 Å². The van der Waals surface area contributed by atoms with E-state index in [1.807, 2.05) is 6.92 Å². The predicted octanol–water partition coefficient (Wildman–Crippen LogP) is 2.17. The highest BCUT2D eigenvalue weighted by molar-refractivity contribution is 5.23. The van der Waals surface area contributed by atoms with Crippen molar-refractivity contribution in [3.63, 3.8) is 0 Å². The first kappa shape index (κ1) is 13.1. The molecule has 1 aromatic rings. The van der Waals surface area contributed by atoms with E-state index in [0.717, 1.165) is 18.7 Å². The molecule has 1 unspecified atom stereocenters. The second-order valence-electron chi connectivity index (χ2n) is 4.01. The van der Waals surface area contributed by atoms with E-state index in [0.29, 0.717) is 18.5 Å². The zero-order valence-corrected chi connectivity index (χ0v) is 9.56. The molecular formula is C12H17F2NO. The summed E-state index contributed by atoms with van der Waals surface area (Å²) in [6, 6.07) is 3.48. The van der Waals surface area contributed by atoms with Gasteiger partial charge in [0.25, 0.3) is 0 Å². The zero-order valence-electron chi connectivity index (χ0n) is 9.56. The zero-order chi connectivity index (χ0) is 12.2. The molecule has 0 radical (unpaired) electrons. The molecule has 0 amide bonds. The van der Waals surface area contributed by atoms with Crippen LogP contribution >= 0.6 is 0 Å². The topological polar surface area (TPSA) is 32.3 Å². The Morgan fingerprint density at radius 3 is 2.56 bits per heavy atom. The Kier molecular flexibility index (Phi) is 4.38. The van der Waals surface area contributed by atoms with Gasteiger partial charge < -0.3 is 10.4 Å². The van der Waals surface area contributed by atoms with Gasteiger partial charge in [-0.3, -0.25) is 0 Å². The van der Waals surface area contributed by atoms with E-state index in [1.54, 1.807) is 6.92 Å². The van der Waals surface area contributed by atoms with Crippen LogP contribution < -0.4 is 5.32 Å². The number of hydrogen-bond donors (Lipinski definition) is 2. The van der Waals surface area contributed by atoms with E-state index in [2.05, 4.69) is 5.32 Å². The highest BCUT2D eigenvalue weighted by Crippen LogP contribution is 2.25. The van der Waals surface area contributed by atoms with E-state index >= 15 is 0 Å². The Labute approximate surface area is 94.3 Å². The van der Waals surface area contributed by atoms with Crippen LogP contribution in [0.5, 0.6) is 0 Å². The summed E-state index contributed by atoms with van der Waals surface area (Å²) in [6.45, 7) is 5.00. The average Bonchev–Trinajstić information content (AvgIpc) is 2.22. The van der Waals surface area contributed by atoms with Gasteiger partial charge in [0.2, 0.25) is 0 Å². The molecule has 2 nitrogen and oxygen atoms in total. The third-order valence-corrected chi connectivity index (χ3v) is 2.58. The standard InChI is InChI=1S/C12H17F2NO/c1-3-15-7-6-12(2,16)9-4-5-10(13)11(14)8-9/h4-5,8,15-16H,3,6-7H2,1-2H3. The fourth-order valence-corrected chi connectivity index (χ4v) is 1.48. The summed E-state index contributed by atoms with van der Waals surface area (Å²) in [5.74, 6) is -1.83. The molecule has 0 heterocycles. The fraction of sp³-hybridized carbons (Fsp3) is 0.500. The van der Waals surface area contributed by atoms with Gasteiger partial charge in [-0.25, -0.2) is 8.78 Å². The maximum absolute atomic E-state index is 13.0. The fourth-order valence-electron chi connectivity index (χ4n) is 1.48. The Hall–Kier alpha value is -1.00. The van der Waals surface area contributed by atoms with Crippen molar-refractivity contribution in [2.45, 2.75) is 25.9 Å². The van der Waals surface area contributed by atoms with Gasteiger partial charge in [0.15, 0.2) is 11.6 Å². The van der Waals surface area contributed by atoms with Gasteiger partial charge >= 0.3 is 0 Å². The Morgan fingerprint density at radius 2 is 2.00 bits per heavy atom. The minimum absolute atomic E-state index is 0.393. The lowest BCUT2D eigenvalue weighted by Crippen LogP contribution is -2.28. The highest BCUT2D eigenvalue weighted by Gasteiger charge is 2.23. The number of halogens is 2. The van der Waals surface area contributed by atoms with E-state index in [4.69, 9.17) is 0 Å². The third kappa shape index (κ3) is 3.25. The lowest BCUT2D eigenvalue weighted by Gasteiger charge is -2.24. The number of aliphatic hydroxyl groups is 1. The van der Waals surface area contributed by atoms with Gasteiger partial charge in [-0.1, -0.05) is 13.0 Å². The van der Waals surface area contributed by atoms with Gasteiger partial charge in [0.05, 0.1) is 5.60 Å². The number of hydrogen-bond acceptors (Lipinski definition) is 2. The van der Waals surface area contributed by atoms with Gasteiger partial charge in [-0.15, -0.1) is 0 Å². The van der Waals surface area contributed by atoms with Crippen LogP contribution in [0.2, 0.25) is 0 Å². The minimum atomic E-state index is -1.14. The van der Waals surface area contributed by atoms with Gasteiger partial charge in [0, 0.05) is 0 Å². The molecule has 4 heteroatoms. The molecule has 0 saturated heterocycles. The summed E-state index contributed by atoms with van der Waals surface area (Å²) >= 11 is 0. The van der Waals surface area contributed by atoms with Crippen molar-refractivity contribution in [2.75, 3.05) is 13.1 Å². The summed E-state index contributed by atoms with van der Waals surface area (Å²) in [5.41, 5.74) is -0.749. The lowest BCUT2D eigenvalue weighted by atomic mass is 9.92. The second kappa shape index (κ2) is 5.37. The molecule has 0 aliphatic rings. The van der Waals surface area contributed by atoms with Crippen LogP contribution in [0.25, 0.3) is 0 Å². The lowest BCUT2D eigenvalue weighted by molar-refractivity contribution is 0.0477. The third-order valence-electron chi connectivity index (χ3n) is 2.58. The monoisotopic (exact) mass is 229 g/mol. The molecule has 0 spiro atoms. The Bertz CT molecular complexity index is 353. The van der Waals surface area contributed by atoms with E-state index in [-0.39, 0.29) is 0 Å². The molecule has 0 aliphatic carbocycles. The second-order valence-corrected chi connectivity index (χ2v) is 4.01. The highest BCUT2D eigenvalue weighted by atomic mass is 19.2. The van der Waals surface area contributed by atoms with Crippen molar-refractivity contribution in [1.82, 2.24) is 5.32 Å². The minimum Gasteiger partial charge on any atom is -0.385 e. The van der Waals surface area contributed by atoms with Crippen LogP contribution in [0.4, 0.5) is 8.78 Å². The maximum Gasteiger partial charge on any atom is 0.159 e. The first-order valence-corrected chi connectivity index (χ1v) is 5.36. The maximum atomic E-state index is 13.0. The van der Waals surface area contributed by atoms with Gasteiger partial charge in [-0.2, -0.15) is 0 Å². The van der Waals surface area contributed by atoms with Gasteiger partial charge in [-0.05, 0) is 44.1 Å². The van der Waals surface area contributed by atoms with E-state index in [9.17, 15) is 13.9 Å². The number of rotatable bonds is 5. The molecule has 2 N–H and O–H groups in total. The van der Waals surface area contributed by atoms with Crippen LogP contribution in [0, 0.1) is 11.6 Å². The molecule has 1 aromatic carbocycles. The first-order valence-electron chi connectivity index (χ1n) is 5.36. The smallest absolute Gasteiger partial charge is 0.159 e. The predicted molar refractivity (Wildman–Crippen MR) is 59.1 cm³/mol. The Balaban J connectivity index is 2.76. The molecule has 1 atom stereocenters. The van der Waals surface area contributed by atoms with Crippen LogP contribution in [0.15, 0.2) is 18.2 Å². The van der Waals surface area contributed by atoms with Crippen molar-refractivity contribution < 1.29 is 13.9 Å². The van der Waals surface area contributed by atoms with Crippen molar-refractivity contribution in [2.24, 2.45) is 0 Å². The van der Waals surface area contributed by atoms with E-state index in [1.165, 1.54) is 6.07 Å². The normalized spacial score (nSPS) is 14.8. The molecule has 0 fully saturated rings. The van der Waals surface area contributed by atoms with Gasteiger partial charge in [0.1, 0.15) is 0 Å². The molecule has 0 aliphatic heterocycles. The van der Waals surface area contributed by atoms with Crippen LogP contribution in [-0.4, -0.2) is 18.2 Å². The molecule has 0 aromatic heterocycles. The quantitative estimate of drug-likeness (QED) is 0.758. The summed E-state index contributed by atoms with van der Waals surface area (Å²) < 4.78 is 25.7. The molecule has 16 heavy (non-hydrogen) atoms. The SMILES string of the molecule is CCNCCC(C)(O)c1ccc(F)c(F)c1. The van der Waals surface area contributed by atoms with Crippen molar-refractivity contribution >= 4 is 0 Å². The van der Waals surface area contributed by atoms with Crippen molar-refractivity contribution in [3.05, 3.63) is 35.4 Å².